The van der Waals surface area contributed by atoms with Crippen LogP contribution in [-0.4, -0.2) is 44.8 Å². The number of aryl methyl sites for hydroxylation is 1. The van der Waals surface area contributed by atoms with Crippen LogP contribution in [0.25, 0.3) is 0 Å². The Morgan fingerprint density at radius 2 is 1.56 bits per heavy atom. The fourth-order valence-electron chi connectivity index (χ4n) is 3.62. The largest absolute Gasteiger partial charge is 0.357 e. The fourth-order valence-corrected chi connectivity index (χ4v) is 5.42. The molecule has 190 valence electrons. The van der Waals surface area contributed by atoms with Gasteiger partial charge in [-0.15, -0.1) is 0 Å². The quantitative estimate of drug-likeness (QED) is 0.422. The molecule has 0 aliphatic heterocycles. The number of amides is 2. The number of hydrogen-bond donors (Lipinski definition) is 1. The van der Waals surface area contributed by atoms with Crippen molar-refractivity contribution in [1.29, 1.82) is 0 Å². The molecule has 3 aromatic carbocycles. The molecule has 0 bridgehead atoms. The number of likely N-dealkylation sites (N-methyl/N-ethyl adjacent to an activating group) is 1. The second-order valence-electron chi connectivity index (χ2n) is 8.25. The predicted octanol–water partition coefficient (Wildman–Crippen LogP) is 4.66. The number of nitrogens with zero attached hydrogens (tertiary/aromatic N) is 2. The summed E-state index contributed by atoms with van der Waals surface area (Å²) in [6.45, 7) is 2.95. The molecule has 1 atom stereocenters. The van der Waals surface area contributed by atoms with Gasteiger partial charge in [0.05, 0.1) is 10.6 Å². The van der Waals surface area contributed by atoms with Crippen LogP contribution in [0.4, 0.5) is 5.69 Å². The van der Waals surface area contributed by atoms with E-state index in [1.165, 1.54) is 30.1 Å². The Morgan fingerprint density at radius 1 is 0.944 bits per heavy atom. The van der Waals surface area contributed by atoms with Crippen molar-refractivity contribution in [3.05, 3.63) is 94.0 Å². The first-order valence-electron chi connectivity index (χ1n) is 11.1. The molecule has 1 N–H and O–H groups in total. The minimum absolute atomic E-state index is 0.0293. The van der Waals surface area contributed by atoms with Crippen LogP contribution in [0.3, 0.4) is 0 Å². The Hall–Kier alpha value is -3.07. The molecule has 0 aliphatic carbocycles. The van der Waals surface area contributed by atoms with Gasteiger partial charge in [0, 0.05) is 23.6 Å². The minimum atomic E-state index is -4.14. The van der Waals surface area contributed by atoms with E-state index in [0.29, 0.717) is 15.6 Å². The topological polar surface area (TPSA) is 86.8 Å². The summed E-state index contributed by atoms with van der Waals surface area (Å²) < 4.78 is 28.4. The first kappa shape index (κ1) is 27.5. The molecule has 0 radical (unpaired) electrons. The zero-order chi connectivity index (χ0) is 26.5. The third kappa shape index (κ3) is 6.57. The molecule has 0 saturated heterocycles. The van der Waals surface area contributed by atoms with Crippen molar-refractivity contribution < 1.29 is 18.0 Å². The highest BCUT2D eigenvalue weighted by Gasteiger charge is 2.32. The first-order valence-corrected chi connectivity index (χ1v) is 13.3. The van der Waals surface area contributed by atoms with Crippen LogP contribution in [0.15, 0.2) is 77.7 Å². The van der Waals surface area contributed by atoms with Gasteiger partial charge in [0.2, 0.25) is 11.8 Å². The molecular weight excluding hydrogens is 521 g/mol. The van der Waals surface area contributed by atoms with Crippen LogP contribution in [0.2, 0.25) is 10.0 Å². The first-order chi connectivity index (χ1) is 17.0. The Bertz CT molecular complexity index is 1350. The molecule has 0 unspecified atom stereocenters. The maximum Gasteiger partial charge on any atom is 0.264 e. The fraction of sp³-hybridized carbons (Fsp3) is 0.231. The Morgan fingerprint density at radius 3 is 2.14 bits per heavy atom. The van der Waals surface area contributed by atoms with E-state index in [4.69, 9.17) is 23.2 Å². The lowest BCUT2D eigenvalue weighted by atomic mass is 10.1. The molecule has 3 aromatic rings. The zero-order valence-corrected chi connectivity index (χ0v) is 22.4. The summed E-state index contributed by atoms with van der Waals surface area (Å²) in [4.78, 5) is 27.5. The third-order valence-corrected chi connectivity index (χ3v) is 7.90. The Kier molecular flexibility index (Phi) is 9.00. The van der Waals surface area contributed by atoms with Gasteiger partial charge in [-0.25, -0.2) is 8.42 Å². The number of benzene rings is 3. The molecule has 10 heteroatoms. The van der Waals surface area contributed by atoms with E-state index in [-0.39, 0.29) is 23.0 Å². The molecule has 0 heterocycles. The number of anilines is 1. The molecule has 0 aromatic heterocycles. The van der Waals surface area contributed by atoms with E-state index in [0.717, 1.165) is 9.87 Å². The molecule has 0 saturated carbocycles. The van der Waals surface area contributed by atoms with Crippen molar-refractivity contribution in [2.45, 2.75) is 31.3 Å². The predicted molar refractivity (Wildman–Crippen MR) is 143 cm³/mol. The summed E-state index contributed by atoms with van der Waals surface area (Å²) in [5.41, 5.74) is 1.82. The van der Waals surface area contributed by atoms with E-state index in [2.05, 4.69) is 5.32 Å². The maximum atomic E-state index is 13.7. The normalized spacial score (nSPS) is 12.0. The molecule has 36 heavy (non-hydrogen) atoms. The van der Waals surface area contributed by atoms with Gasteiger partial charge in [0.15, 0.2) is 0 Å². The van der Waals surface area contributed by atoms with Gasteiger partial charge in [-0.3, -0.25) is 13.9 Å². The number of hydrogen-bond acceptors (Lipinski definition) is 4. The lowest BCUT2D eigenvalue weighted by molar-refractivity contribution is -0.139. The molecule has 2 amide bonds. The highest BCUT2D eigenvalue weighted by Crippen LogP contribution is 2.27. The van der Waals surface area contributed by atoms with Crippen LogP contribution in [0.5, 0.6) is 0 Å². The Labute approximate surface area is 221 Å². The van der Waals surface area contributed by atoms with Crippen LogP contribution < -0.4 is 9.62 Å². The maximum absolute atomic E-state index is 13.7. The highest BCUT2D eigenvalue weighted by atomic mass is 35.5. The highest BCUT2D eigenvalue weighted by molar-refractivity contribution is 7.92. The average molecular weight is 548 g/mol. The van der Waals surface area contributed by atoms with Crippen LogP contribution in [0, 0.1) is 6.92 Å². The van der Waals surface area contributed by atoms with Crippen molar-refractivity contribution in [3.8, 4) is 0 Å². The summed E-state index contributed by atoms with van der Waals surface area (Å²) in [6.07, 6.45) is 0. The smallest absolute Gasteiger partial charge is 0.264 e. The summed E-state index contributed by atoms with van der Waals surface area (Å²) in [7, 11) is -2.67. The number of carbonyl (C=O) groups excluding carboxylic acids is 2. The SMILES string of the molecule is CNC(=O)[C@H](C)N(Cc1cccc(Cl)c1)C(=O)CN(c1cccc(Cl)c1)S(=O)(=O)c1ccc(C)cc1. The third-order valence-electron chi connectivity index (χ3n) is 5.64. The number of sulfonamides is 1. The summed E-state index contributed by atoms with van der Waals surface area (Å²) >= 11 is 12.3. The summed E-state index contributed by atoms with van der Waals surface area (Å²) in [5.74, 6) is -0.956. The van der Waals surface area contributed by atoms with Crippen molar-refractivity contribution in [1.82, 2.24) is 10.2 Å². The molecular formula is C26H27Cl2N3O4S. The van der Waals surface area contributed by atoms with Crippen molar-refractivity contribution >= 4 is 50.7 Å². The molecule has 7 nitrogen and oxygen atoms in total. The van der Waals surface area contributed by atoms with Gasteiger partial charge in [0.25, 0.3) is 10.0 Å². The Balaban J connectivity index is 2.03. The van der Waals surface area contributed by atoms with Crippen LogP contribution in [0.1, 0.15) is 18.1 Å². The van der Waals surface area contributed by atoms with Crippen LogP contribution in [-0.2, 0) is 26.2 Å². The summed E-state index contributed by atoms with van der Waals surface area (Å²) in [6, 6.07) is 18.7. The van der Waals surface area contributed by atoms with Gasteiger partial charge >= 0.3 is 0 Å². The van der Waals surface area contributed by atoms with Crippen molar-refractivity contribution in [3.63, 3.8) is 0 Å². The number of carbonyl (C=O) groups is 2. The average Bonchev–Trinajstić information content (AvgIpc) is 2.85. The van der Waals surface area contributed by atoms with Crippen molar-refractivity contribution in [2.24, 2.45) is 0 Å². The van der Waals surface area contributed by atoms with Crippen LogP contribution >= 0.6 is 23.2 Å². The molecule has 0 spiro atoms. The van der Waals surface area contributed by atoms with Gasteiger partial charge in [-0.2, -0.15) is 0 Å². The lowest BCUT2D eigenvalue weighted by Crippen LogP contribution is -2.50. The summed E-state index contributed by atoms with van der Waals surface area (Å²) in [5, 5.41) is 3.34. The van der Waals surface area contributed by atoms with Gasteiger partial charge in [-0.1, -0.05) is 59.1 Å². The number of nitrogens with one attached hydrogen (secondary N) is 1. The van der Waals surface area contributed by atoms with E-state index in [1.54, 1.807) is 61.5 Å². The number of halogens is 2. The molecule has 0 aliphatic rings. The van der Waals surface area contributed by atoms with E-state index < -0.39 is 28.5 Å². The van der Waals surface area contributed by atoms with Crippen molar-refractivity contribution in [2.75, 3.05) is 17.9 Å². The standard InChI is InChI=1S/C26H27Cl2N3O4S/c1-18-10-12-24(13-11-18)36(34,35)31(23-9-5-8-22(28)15-23)17-25(32)30(19(2)26(33)29-3)16-20-6-4-7-21(27)14-20/h4-15,19H,16-17H2,1-3H3,(H,29,33)/t19-/m0/s1. The van der Waals surface area contributed by atoms with E-state index in [1.807, 2.05) is 6.92 Å². The van der Waals surface area contributed by atoms with Gasteiger partial charge in [0.1, 0.15) is 12.6 Å². The van der Waals surface area contributed by atoms with E-state index >= 15 is 0 Å². The van der Waals surface area contributed by atoms with E-state index in [9.17, 15) is 18.0 Å². The zero-order valence-electron chi connectivity index (χ0n) is 20.1. The second-order valence-corrected chi connectivity index (χ2v) is 11.0. The molecule has 3 rings (SSSR count). The minimum Gasteiger partial charge on any atom is -0.357 e. The lowest BCUT2D eigenvalue weighted by Gasteiger charge is -2.31. The number of rotatable bonds is 9. The second kappa shape index (κ2) is 11.8. The monoisotopic (exact) mass is 547 g/mol. The van der Waals surface area contributed by atoms with Gasteiger partial charge < -0.3 is 10.2 Å². The molecule has 0 fully saturated rings. The van der Waals surface area contributed by atoms with Gasteiger partial charge in [-0.05, 0) is 61.9 Å².